The largest absolute Gasteiger partial charge is 0.395 e. The second-order valence-corrected chi connectivity index (χ2v) is 5.48. The normalized spacial score (nSPS) is 15.0. The van der Waals surface area contributed by atoms with Crippen LogP contribution in [0.4, 0.5) is 5.69 Å². The van der Waals surface area contributed by atoms with E-state index >= 15 is 0 Å². The van der Waals surface area contributed by atoms with Gasteiger partial charge in [0.15, 0.2) is 0 Å². The molecule has 0 aliphatic heterocycles. The topological polar surface area (TPSA) is 69.6 Å². The maximum absolute atomic E-state index is 12.3. The molecule has 1 aliphatic rings. The van der Waals surface area contributed by atoms with E-state index in [-0.39, 0.29) is 19.2 Å². The molecule has 0 atom stereocenters. The number of rotatable bonds is 4. The summed E-state index contributed by atoms with van der Waals surface area (Å²) in [5.41, 5.74) is 1.70. The third kappa shape index (κ3) is 4.04. The number of aliphatic hydroxyl groups is 1. The third-order valence-corrected chi connectivity index (χ3v) is 3.87. The van der Waals surface area contributed by atoms with E-state index in [1.54, 1.807) is 12.1 Å². The molecule has 1 aliphatic carbocycles. The highest BCUT2D eigenvalue weighted by Gasteiger charge is 2.30. The maximum Gasteiger partial charge on any atom is 0.313 e. The number of hydrogen-bond acceptors (Lipinski definition) is 3. The molecule has 2 rings (SSSR count). The second kappa shape index (κ2) is 7.22. The van der Waals surface area contributed by atoms with Crippen LogP contribution in [0.5, 0.6) is 0 Å². The van der Waals surface area contributed by atoms with Gasteiger partial charge in [-0.05, 0) is 31.9 Å². The molecule has 0 spiro atoms. The van der Waals surface area contributed by atoms with Crippen molar-refractivity contribution in [2.24, 2.45) is 0 Å². The summed E-state index contributed by atoms with van der Waals surface area (Å²) in [4.78, 5) is 25.9. The van der Waals surface area contributed by atoms with Gasteiger partial charge < -0.3 is 15.3 Å². The Balaban J connectivity index is 2.01. The van der Waals surface area contributed by atoms with Crippen molar-refractivity contribution in [1.29, 1.82) is 0 Å². The Morgan fingerprint density at radius 3 is 2.43 bits per heavy atom. The molecule has 2 N–H and O–H groups in total. The van der Waals surface area contributed by atoms with Crippen molar-refractivity contribution < 1.29 is 14.7 Å². The molecule has 0 heterocycles. The lowest BCUT2D eigenvalue weighted by molar-refractivity contribution is -0.145. The third-order valence-electron chi connectivity index (χ3n) is 3.87. The van der Waals surface area contributed by atoms with Crippen LogP contribution in [0.25, 0.3) is 0 Å². The van der Waals surface area contributed by atoms with Gasteiger partial charge in [0.1, 0.15) is 0 Å². The van der Waals surface area contributed by atoms with Gasteiger partial charge in [-0.25, -0.2) is 0 Å². The molecular weight excluding hydrogens is 268 g/mol. The molecule has 114 valence electrons. The van der Waals surface area contributed by atoms with E-state index in [1.165, 1.54) is 4.90 Å². The fraction of sp³-hybridized carbons (Fsp3) is 0.500. The average Bonchev–Trinajstić information content (AvgIpc) is 3.00. The number of benzene rings is 1. The van der Waals surface area contributed by atoms with Crippen molar-refractivity contribution in [3.63, 3.8) is 0 Å². The van der Waals surface area contributed by atoms with E-state index < -0.39 is 11.8 Å². The molecule has 1 aromatic carbocycles. The van der Waals surface area contributed by atoms with E-state index in [2.05, 4.69) is 5.32 Å². The summed E-state index contributed by atoms with van der Waals surface area (Å²) in [7, 11) is 0. The lowest BCUT2D eigenvalue weighted by Gasteiger charge is -2.27. The second-order valence-electron chi connectivity index (χ2n) is 5.48. The van der Waals surface area contributed by atoms with Gasteiger partial charge in [-0.15, -0.1) is 0 Å². The summed E-state index contributed by atoms with van der Waals surface area (Å²) in [6.45, 7) is 2.05. The molecule has 5 nitrogen and oxygen atoms in total. The number of hydrogen-bond donors (Lipinski definition) is 2. The fourth-order valence-corrected chi connectivity index (χ4v) is 2.73. The average molecular weight is 290 g/mol. The van der Waals surface area contributed by atoms with Gasteiger partial charge in [0, 0.05) is 18.3 Å². The van der Waals surface area contributed by atoms with Crippen LogP contribution in [0.2, 0.25) is 0 Å². The van der Waals surface area contributed by atoms with Gasteiger partial charge >= 0.3 is 11.8 Å². The summed E-state index contributed by atoms with van der Waals surface area (Å²) in [5, 5.41) is 11.7. The molecule has 0 radical (unpaired) electrons. The quantitative estimate of drug-likeness (QED) is 0.829. The number of nitrogens with one attached hydrogen (secondary N) is 1. The summed E-state index contributed by atoms with van der Waals surface area (Å²) in [6, 6.07) is 7.37. The predicted octanol–water partition coefficient (Wildman–Crippen LogP) is 1.70. The first kappa shape index (κ1) is 15.5. The van der Waals surface area contributed by atoms with Crippen molar-refractivity contribution in [3.8, 4) is 0 Å². The zero-order chi connectivity index (χ0) is 15.2. The molecule has 0 bridgehead atoms. The van der Waals surface area contributed by atoms with Crippen molar-refractivity contribution in [2.75, 3.05) is 18.5 Å². The number of carbonyl (C=O) groups is 2. The lowest BCUT2D eigenvalue weighted by Crippen LogP contribution is -2.46. The zero-order valence-corrected chi connectivity index (χ0v) is 12.3. The highest BCUT2D eigenvalue weighted by atomic mass is 16.3. The van der Waals surface area contributed by atoms with Crippen LogP contribution in [0.3, 0.4) is 0 Å². The number of aliphatic hydroxyl groups excluding tert-OH is 1. The minimum absolute atomic E-state index is 0.0772. The summed E-state index contributed by atoms with van der Waals surface area (Å²) < 4.78 is 0. The van der Waals surface area contributed by atoms with Gasteiger partial charge in [0.05, 0.1) is 6.61 Å². The van der Waals surface area contributed by atoms with Crippen LogP contribution in [0, 0.1) is 6.92 Å². The standard InChI is InChI=1S/C16H22N2O3/c1-12-6-8-13(9-7-12)17-15(20)16(21)18(10-11-19)14-4-2-3-5-14/h6-9,14,19H,2-5,10-11H2,1H3,(H,17,20). The first-order valence-electron chi connectivity index (χ1n) is 7.41. The molecule has 5 heteroatoms. The SMILES string of the molecule is Cc1ccc(NC(=O)C(=O)N(CCO)C2CCCC2)cc1. The molecular formula is C16H22N2O3. The van der Waals surface area contributed by atoms with E-state index in [4.69, 9.17) is 5.11 Å². The van der Waals surface area contributed by atoms with Crippen LogP contribution in [0.1, 0.15) is 31.2 Å². The Hall–Kier alpha value is -1.88. The molecule has 0 unspecified atom stereocenters. The molecule has 1 fully saturated rings. The van der Waals surface area contributed by atoms with E-state index in [1.807, 2.05) is 19.1 Å². The molecule has 0 saturated heterocycles. The molecule has 21 heavy (non-hydrogen) atoms. The highest BCUT2D eigenvalue weighted by molar-refractivity contribution is 6.39. The summed E-state index contributed by atoms with van der Waals surface area (Å²) in [6.07, 6.45) is 3.95. The molecule has 1 saturated carbocycles. The number of carbonyl (C=O) groups excluding carboxylic acids is 2. The van der Waals surface area contributed by atoms with Crippen LogP contribution in [-0.2, 0) is 9.59 Å². The number of anilines is 1. The van der Waals surface area contributed by atoms with Crippen LogP contribution in [0.15, 0.2) is 24.3 Å². The Morgan fingerprint density at radius 2 is 1.86 bits per heavy atom. The molecule has 2 amide bonds. The molecule has 0 aromatic heterocycles. The molecule has 1 aromatic rings. The number of aryl methyl sites for hydroxylation is 1. The monoisotopic (exact) mass is 290 g/mol. The number of nitrogens with zero attached hydrogens (tertiary/aromatic N) is 1. The van der Waals surface area contributed by atoms with Crippen molar-refractivity contribution >= 4 is 17.5 Å². The van der Waals surface area contributed by atoms with Crippen molar-refractivity contribution in [2.45, 2.75) is 38.6 Å². The first-order chi connectivity index (χ1) is 10.1. The van der Waals surface area contributed by atoms with Crippen LogP contribution in [-0.4, -0.2) is 41.0 Å². The first-order valence-corrected chi connectivity index (χ1v) is 7.41. The summed E-state index contributed by atoms with van der Waals surface area (Å²) >= 11 is 0. The Kier molecular flexibility index (Phi) is 5.33. The van der Waals surface area contributed by atoms with Crippen molar-refractivity contribution in [1.82, 2.24) is 4.90 Å². The Morgan fingerprint density at radius 1 is 1.24 bits per heavy atom. The van der Waals surface area contributed by atoms with Gasteiger partial charge in [-0.2, -0.15) is 0 Å². The van der Waals surface area contributed by atoms with Gasteiger partial charge in [0.2, 0.25) is 0 Å². The van der Waals surface area contributed by atoms with E-state index in [9.17, 15) is 9.59 Å². The summed E-state index contributed by atoms with van der Waals surface area (Å²) in [5.74, 6) is -1.20. The van der Waals surface area contributed by atoms with E-state index in [0.717, 1.165) is 31.2 Å². The van der Waals surface area contributed by atoms with Gasteiger partial charge in [0.25, 0.3) is 0 Å². The predicted molar refractivity (Wildman–Crippen MR) is 80.9 cm³/mol. The fourth-order valence-electron chi connectivity index (χ4n) is 2.73. The zero-order valence-electron chi connectivity index (χ0n) is 12.3. The van der Waals surface area contributed by atoms with Crippen LogP contribution >= 0.6 is 0 Å². The highest BCUT2D eigenvalue weighted by Crippen LogP contribution is 2.23. The Bertz CT molecular complexity index is 493. The van der Waals surface area contributed by atoms with Crippen LogP contribution < -0.4 is 5.32 Å². The van der Waals surface area contributed by atoms with E-state index in [0.29, 0.717) is 5.69 Å². The van der Waals surface area contributed by atoms with Gasteiger partial charge in [-0.1, -0.05) is 30.5 Å². The minimum Gasteiger partial charge on any atom is -0.395 e. The van der Waals surface area contributed by atoms with Crippen molar-refractivity contribution in [3.05, 3.63) is 29.8 Å². The Labute approximate surface area is 125 Å². The maximum atomic E-state index is 12.3. The lowest BCUT2D eigenvalue weighted by atomic mass is 10.2. The smallest absolute Gasteiger partial charge is 0.313 e. The number of amides is 2. The van der Waals surface area contributed by atoms with Gasteiger partial charge in [-0.3, -0.25) is 9.59 Å². The minimum atomic E-state index is -0.640.